The summed E-state index contributed by atoms with van der Waals surface area (Å²) >= 11 is 11.8. The van der Waals surface area contributed by atoms with Gasteiger partial charge >= 0.3 is 0 Å². The van der Waals surface area contributed by atoms with Crippen LogP contribution in [0.25, 0.3) is 0 Å². The molecule has 0 aliphatic heterocycles. The maximum atomic E-state index is 11.9. The molecule has 4 nitrogen and oxygen atoms in total. The van der Waals surface area contributed by atoms with Gasteiger partial charge in [-0.3, -0.25) is 4.79 Å². The molecule has 0 aromatic heterocycles. The van der Waals surface area contributed by atoms with E-state index in [0.717, 1.165) is 6.21 Å². The summed E-state index contributed by atoms with van der Waals surface area (Å²) in [7, 11) is 0. The topological polar surface area (TPSA) is 79.0 Å². The minimum atomic E-state index is -0.496. The molecule has 1 aromatic rings. The quantitative estimate of drug-likeness (QED) is 0.739. The van der Waals surface area contributed by atoms with Crippen LogP contribution in [0.4, 0.5) is 0 Å². The van der Waals surface area contributed by atoms with Gasteiger partial charge in [-0.15, -0.1) is 0 Å². The van der Waals surface area contributed by atoms with Crippen molar-refractivity contribution in [3.63, 3.8) is 0 Å². The van der Waals surface area contributed by atoms with Crippen molar-refractivity contribution in [1.29, 1.82) is 5.41 Å². The summed E-state index contributed by atoms with van der Waals surface area (Å²) < 4.78 is 0. The number of carbonyl (C=O) groups is 1. The van der Waals surface area contributed by atoms with Crippen LogP contribution in [0.1, 0.15) is 17.3 Å². The Balaban J connectivity index is 3.07. The van der Waals surface area contributed by atoms with Crippen LogP contribution < -0.4 is 11.1 Å². The second-order valence-electron chi connectivity index (χ2n) is 3.29. The molecule has 1 rings (SSSR count). The summed E-state index contributed by atoms with van der Waals surface area (Å²) in [6.07, 6.45) is 0.956. The number of hydrogen-bond acceptors (Lipinski definition) is 3. The molecule has 0 spiro atoms. The molecule has 0 atom stereocenters. The Morgan fingerprint density at radius 3 is 2.35 bits per heavy atom. The molecule has 90 valence electrons. The van der Waals surface area contributed by atoms with E-state index in [1.54, 1.807) is 25.1 Å². The van der Waals surface area contributed by atoms with Gasteiger partial charge in [0, 0.05) is 11.9 Å². The monoisotopic (exact) mass is 271 g/mol. The van der Waals surface area contributed by atoms with Crippen molar-refractivity contribution < 1.29 is 4.79 Å². The van der Waals surface area contributed by atoms with E-state index >= 15 is 0 Å². The van der Waals surface area contributed by atoms with Crippen LogP contribution in [0.5, 0.6) is 0 Å². The minimum absolute atomic E-state index is 0.163. The summed E-state index contributed by atoms with van der Waals surface area (Å²) in [5.74, 6) is -0.496. The first kappa shape index (κ1) is 13.5. The van der Waals surface area contributed by atoms with Gasteiger partial charge in [0.05, 0.1) is 21.3 Å². The zero-order valence-corrected chi connectivity index (χ0v) is 10.6. The average molecular weight is 272 g/mol. The Hall–Kier alpha value is -1.52. The molecule has 1 amide bonds. The number of carbonyl (C=O) groups excluding carboxylic acids is 1. The second kappa shape index (κ2) is 5.70. The number of rotatable bonds is 3. The van der Waals surface area contributed by atoms with Gasteiger partial charge in [-0.2, -0.15) is 0 Å². The molecule has 0 bridgehead atoms. The first-order chi connectivity index (χ1) is 7.97. The number of amides is 1. The van der Waals surface area contributed by atoms with Crippen molar-refractivity contribution in [2.24, 2.45) is 5.73 Å². The van der Waals surface area contributed by atoms with E-state index in [0.29, 0.717) is 5.70 Å². The fourth-order valence-electron chi connectivity index (χ4n) is 1.15. The molecule has 1 aromatic carbocycles. The molecule has 17 heavy (non-hydrogen) atoms. The average Bonchev–Trinajstić information content (AvgIpc) is 2.25. The highest BCUT2D eigenvalue weighted by atomic mass is 35.5. The molecule has 6 heteroatoms. The van der Waals surface area contributed by atoms with Crippen LogP contribution in [-0.2, 0) is 0 Å². The Kier molecular flexibility index (Phi) is 4.54. The van der Waals surface area contributed by atoms with E-state index in [-0.39, 0.29) is 21.3 Å². The lowest BCUT2D eigenvalue weighted by molar-refractivity contribution is 0.0968. The first-order valence-corrected chi connectivity index (χ1v) is 5.45. The molecule has 0 saturated heterocycles. The molecule has 0 radical (unpaired) electrons. The van der Waals surface area contributed by atoms with E-state index in [2.05, 4.69) is 5.32 Å². The van der Waals surface area contributed by atoms with Crippen molar-refractivity contribution in [3.8, 4) is 0 Å². The highest BCUT2D eigenvalue weighted by molar-refractivity contribution is 6.39. The molecule has 0 unspecified atom stereocenters. The van der Waals surface area contributed by atoms with Crippen molar-refractivity contribution >= 4 is 35.3 Å². The molecule has 0 heterocycles. The smallest absolute Gasteiger partial charge is 0.258 e. The van der Waals surface area contributed by atoms with Crippen LogP contribution in [-0.4, -0.2) is 12.1 Å². The number of nitrogens with two attached hydrogens (primary N) is 1. The van der Waals surface area contributed by atoms with Gasteiger partial charge in [0.2, 0.25) is 0 Å². The number of allylic oxidation sites excluding steroid dienone is 2. The number of halogens is 2. The van der Waals surface area contributed by atoms with E-state index in [4.69, 9.17) is 34.3 Å². The molecule has 0 fully saturated rings. The minimum Gasteiger partial charge on any atom is -0.401 e. The summed E-state index contributed by atoms with van der Waals surface area (Å²) in [6.45, 7) is 1.58. The number of benzene rings is 1. The first-order valence-electron chi connectivity index (χ1n) is 4.69. The van der Waals surface area contributed by atoms with Gasteiger partial charge in [0.25, 0.3) is 5.91 Å². The molecule has 0 aliphatic rings. The third-order valence-corrected chi connectivity index (χ3v) is 2.64. The van der Waals surface area contributed by atoms with Crippen LogP contribution in [0.15, 0.2) is 29.6 Å². The van der Waals surface area contributed by atoms with Crippen LogP contribution >= 0.6 is 23.2 Å². The number of nitrogens with one attached hydrogen (secondary N) is 2. The molecule has 4 N–H and O–H groups in total. The normalized spacial score (nSPS) is 11.7. The van der Waals surface area contributed by atoms with Gasteiger partial charge in [0.1, 0.15) is 0 Å². The van der Waals surface area contributed by atoms with E-state index in [1.165, 1.54) is 0 Å². The highest BCUT2D eigenvalue weighted by Gasteiger charge is 2.15. The summed E-state index contributed by atoms with van der Waals surface area (Å²) in [6, 6.07) is 4.76. The highest BCUT2D eigenvalue weighted by Crippen LogP contribution is 2.24. The molecular formula is C11H11Cl2N3O. The van der Waals surface area contributed by atoms with Gasteiger partial charge in [0.15, 0.2) is 0 Å². The van der Waals surface area contributed by atoms with Gasteiger partial charge < -0.3 is 16.5 Å². The number of hydrogen-bond donors (Lipinski definition) is 3. The van der Waals surface area contributed by atoms with Crippen molar-refractivity contribution in [1.82, 2.24) is 5.32 Å². The van der Waals surface area contributed by atoms with Crippen LogP contribution in [0.2, 0.25) is 10.0 Å². The van der Waals surface area contributed by atoms with Crippen molar-refractivity contribution in [2.75, 3.05) is 0 Å². The van der Waals surface area contributed by atoms with Crippen LogP contribution in [0, 0.1) is 5.41 Å². The summed E-state index contributed by atoms with van der Waals surface area (Å²) in [4.78, 5) is 11.9. The maximum Gasteiger partial charge on any atom is 0.258 e. The standard InChI is InChI=1S/C11H11Cl2N3O/c1-6(15)9(5-14)16-11(17)10-7(12)3-2-4-8(10)13/h2-5,14H,15H2,1H3,(H,16,17)/b9-6+,14-5?. The third-order valence-electron chi connectivity index (χ3n) is 2.01. The lowest BCUT2D eigenvalue weighted by atomic mass is 10.2. The Bertz CT molecular complexity index is 473. The zero-order chi connectivity index (χ0) is 13.0. The fourth-order valence-corrected chi connectivity index (χ4v) is 1.72. The molecule has 0 aliphatic carbocycles. The SMILES string of the molecule is C/C(N)=C(/C=N)NC(=O)c1c(Cl)cccc1Cl. The largest absolute Gasteiger partial charge is 0.401 e. The van der Waals surface area contributed by atoms with Crippen molar-refractivity contribution in [3.05, 3.63) is 45.2 Å². The Labute approximate surface area is 109 Å². The van der Waals surface area contributed by atoms with Gasteiger partial charge in [-0.1, -0.05) is 29.3 Å². The third kappa shape index (κ3) is 3.22. The predicted molar refractivity (Wildman–Crippen MR) is 69.6 cm³/mol. The zero-order valence-electron chi connectivity index (χ0n) is 9.05. The van der Waals surface area contributed by atoms with Gasteiger partial charge in [-0.05, 0) is 19.1 Å². The maximum absolute atomic E-state index is 11.9. The van der Waals surface area contributed by atoms with Crippen molar-refractivity contribution in [2.45, 2.75) is 6.92 Å². The molecular weight excluding hydrogens is 261 g/mol. The van der Waals surface area contributed by atoms with E-state index in [1.807, 2.05) is 0 Å². The second-order valence-corrected chi connectivity index (χ2v) is 4.11. The lowest BCUT2D eigenvalue weighted by Gasteiger charge is -2.09. The summed E-state index contributed by atoms with van der Waals surface area (Å²) in [5.41, 5.74) is 6.20. The van der Waals surface area contributed by atoms with Crippen LogP contribution in [0.3, 0.4) is 0 Å². The lowest BCUT2D eigenvalue weighted by Crippen LogP contribution is -2.26. The molecule has 0 saturated carbocycles. The predicted octanol–water partition coefficient (Wildman–Crippen LogP) is 2.56. The Morgan fingerprint density at radius 2 is 1.94 bits per heavy atom. The van der Waals surface area contributed by atoms with Gasteiger partial charge in [-0.25, -0.2) is 0 Å². The summed E-state index contributed by atoms with van der Waals surface area (Å²) in [5, 5.41) is 10.1. The Morgan fingerprint density at radius 1 is 1.41 bits per heavy atom. The van der Waals surface area contributed by atoms with E-state index < -0.39 is 5.91 Å². The fraction of sp³-hybridized carbons (Fsp3) is 0.0909. The van der Waals surface area contributed by atoms with E-state index in [9.17, 15) is 4.79 Å².